The van der Waals surface area contributed by atoms with Gasteiger partial charge in [0.2, 0.25) is 0 Å². The Kier molecular flexibility index (Phi) is 5.37. The Morgan fingerprint density at radius 2 is 2.20 bits per heavy atom. The average molecular weight is 297 g/mol. The predicted molar refractivity (Wildman–Crippen MR) is 81.6 cm³/mol. The normalized spacial score (nSPS) is 16.7. The summed E-state index contributed by atoms with van der Waals surface area (Å²) >= 11 is 1.53. The first-order chi connectivity index (χ1) is 9.60. The van der Waals surface area contributed by atoms with Crippen LogP contribution in [0.2, 0.25) is 0 Å². The van der Waals surface area contributed by atoms with Gasteiger partial charge >= 0.3 is 5.97 Å². The molecule has 1 saturated heterocycles. The third kappa shape index (κ3) is 3.93. The van der Waals surface area contributed by atoms with Crippen LogP contribution in [0, 0.1) is 5.92 Å². The number of hydrogen-bond donors (Lipinski definition) is 0. The summed E-state index contributed by atoms with van der Waals surface area (Å²) in [5, 5.41) is 2.73. The van der Waals surface area contributed by atoms with E-state index in [9.17, 15) is 4.79 Å². The lowest BCUT2D eigenvalue weighted by atomic mass is 9.97. The van der Waals surface area contributed by atoms with Crippen LogP contribution < -0.4 is 4.90 Å². The lowest BCUT2D eigenvalue weighted by molar-refractivity contribution is 0.0520. The minimum absolute atomic E-state index is 0.322. The molecule has 0 aliphatic carbocycles. The number of rotatable bonds is 5. The molecule has 0 saturated carbocycles. The fraction of sp³-hybridized carbons (Fsp3) is 0.714. The number of ether oxygens (including phenoxy) is 1. The third-order valence-corrected chi connectivity index (χ3v) is 4.39. The van der Waals surface area contributed by atoms with Crippen LogP contribution in [-0.2, 0) is 4.74 Å². The molecule has 0 bridgehead atoms. The summed E-state index contributed by atoms with van der Waals surface area (Å²) in [5.74, 6) is 0.447. The largest absolute Gasteiger partial charge is 0.461 e. The van der Waals surface area contributed by atoms with Crippen LogP contribution >= 0.6 is 11.3 Å². The number of nitrogens with zero attached hydrogens (tertiary/aromatic N) is 3. The fourth-order valence-corrected chi connectivity index (χ4v) is 3.38. The van der Waals surface area contributed by atoms with Crippen LogP contribution in [-0.4, -0.2) is 56.2 Å². The zero-order valence-electron chi connectivity index (χ0n) is 12.5. The van der Waals surface area contributed by atoms with E-state index in [0.717, 1.165) is 30.7 Å². The Morgan fingerprint density at radius 1 is 1.50 bits per heavy atom. The first-order valence-electron chi connectivity index (χ1n) is 7.12. The molecular weight excluding hydrogens is 274 g/mol. The summed E-state index contributed by atoms with van der Waals surface area (Å²) in [6.07, 6.45) is 2.37. The average Bonchev–Trinajstić information content (AvgIpc) is 2.89. The third-order valence-electron chi connectivity index (χ3n) is 3.49. The van der Waals surface area contributed by atoms with Crippen molar-refractivity contribution in [2.24, 2.45) is 5.92 Å². The Labute approximate surface area is 124 Å². The molecule has 5 nitrogen and oxygen atoms in total. The molecular formula is C14H23N3O2S. The van der Waals surface area contributed by atoms with Gasteiger partial charge in [0.25, 0.3) is 0 Å². The number of carbonyl (C=O) groups excluding carboxylic acids is 1. The summed E-state index contributed by atoms with van der Waals surface area (Å²) in [6, 6.07) is 0. The molecule has 0 atom stereocenters. The number of carbonyl (C=O) groups is 1. The van der Waals surface area contributed by atoms with Crippen molar-refractivity contribution in [2.75, 3.05) is 45.2 Å². The van der Waals surface area contributed by atoms with E-state index in [1.807, 2.05) is 0 Å². The zero-order valence-corrected chi connectivity index (χ0v) is 13.3. The Morgan fingerprint density at radius 3 is 2.80 bits per heavy atom. The van der Waals surface area contributed by atoms with Gasteiger partial charge in [0, 0.05) is 25.0 Å². The molecule has 0 unspecified atom stereocenters. The predicted octanol–water partition coefficient (Wildman–Crippen LogP) is 2.10. The molecule has 0 spiro atoms. The number of anilines is 1. The molecule has 1 aliphatic heterocycles. The number of piperidine rings is 1. The van der Waals surface area contributed by atoms with Gasteiger partial charge in [-0.1, -0.05) is 0 Å². The van der Waals surface area contributed by atoms with E-state index >= 15 is 0 Å². The minimum Gasteiger partial charge on any atom is -0.461 e. The maximum absolute atomic E-state index is 11.6. The van der Waals surface area contributed by atoms with E-state index in [1.165, 1.54) is 24.2 Å². The van der Waals surface area contributed by atoms with Crippen LogP contribution in [0.5, 0.6) is 0 Å². The van der Waals surface area contributed by atoms with Crippen LogP contribution in [0.25, 0.3) is 0 Å². The number of thiazole rings is 1. The second-order valence-corrected chi connectivity index (χ2v) is 6.27. The van der Waals surface area contributed by atoms with E-state index in [4.69, 9.17) is 4.74 Å². The molecule has 1 aliphatic rings. The molecule has 1 fully saturated rings. The highest BCUT2D eigenvalue weighted by Crippen LogP contribution is 2.26. The maximum Gasteiger partial charge on any atom is 0.357 e. The Hall–Kier alpha value is -1.14. The number of aromatic nitrogens is 1. The Bertz CT molecular complexity index is 439. The van der Waals surface area contributed by atoms with E-state index in [0.29, 0.717) is 12.3 Å². The summed E-state index contributed by atoms with van der Waals surface area (Å²) < 4.78 is 4.97. The monoisotopic (exact) mass is 297 g/mol. The molecule has 112 valence electrons. The van der Waals surface area contributed by atoms with Crippen molar-refractivity contribution < 1.29 is 9.53 Å². The highest BCUT2D eigenvalue weighted by molar-refractivity contribution is 7.13. The topological polar surface area (TPSA) is 45.7 Å². The first-order valence-corrected chi connectivity index (χ1v) is 8.00. The smallest absolute Gasteiger partial charge is 0.357 e. The molecule has 0 aromatic carbocycles. The van der Waals surface area contributed by atoms with E-state index in [1.54, 1.807) is 12.3 Å². The van der Waals surface area contributed by atoms with Crippen molar-refractivity contribution in [3.05, 3.63) is 11.1 Å². The molecule has 20 heavy (non-hydrogen) atoms. The van der Waals surface area contributed by atoms with E-state index < -0.39 is 0 Å². The van der Waals surface area contributed by atoms with Gasteiger partial charge in [0.15, 0.2) is 10.8 Å². The zero-order chi connectivity index (χ0) is 14.5. The SMILES string of the molecule is CCOC(=O)c1csc(N2CCC(CN(C)C)CC2)n1. The van der Waals surface area contributed by atoms with Gasteiger partial charge in [-0.2, -0.15) is 0 Å². The van der Waals surface area contributed by atoms with E-state index in [2.05, 4.69) is 28.9 Å². The second-order valence-electron chi connectivity index (χ2n) is 5.43. The van der Waals surface area contributed by atoms with Crippen molar-refractivity contribution in [2.45, 2.75) is 19.8 Å². The lowest BCUT2D eigenvalue weighted by Crippen LogP contribution is -2.37. The van der Waals surface area contributed by atoms with Crippen molar-refractivity contribution in [1.29, 1.82) is 0 Å². The summed E-state index contributed by atoms with van der Waals surface area (Å²) in [6.45, 7) is 5.39. The highest BCUT2D eigenvalue weighted by Gasteiger charge is 2.22. The standard InChI is InChI=1S/C14H23N3O2S/c1-4-19-13(18)12-10-20-14(15-12)17-7-5-11(6-8-17)9-16(2)3/h10-11H,4-9H2,1-3H3. The molecule has 0 radical (unpaired) electrons. The van der Waals surface area contributed by atoms with Crippen molar-refractivity contribution in [3.8, 4) is 0 Å². The number of hydrogen-bond acceptors (Lipinski definition) is 6. The quantitative estimate of drug-likeness (QED) is 0.779. The molecule has 2 rings (SSSR count). The van der Waals surface area contributed by atoms with Crippen LogP contribution in [0.1, 0.15) is 30.3 Å². The van der Waals surface area contributed by atoms with Gasteiger partial charge in [-0.15, -0.1) is 11.3 Å². The summed E-state index contributed by atoms with van der Waals surface area (Å²) in [5.41, 5.74) is 0.433. The minimum atomic E-state index is -0.322. The molecule has 1 aromatic heterocycles. The molecule has 1 aromatic rings. The Balaban J connectivity index is 1.89. The van der Waals surface area contributed by atoms with E-state index in [-0.39, 0.29) is 5.97 Å². The van der Waals surface area contributed by atoms with Crippen molar-refractivity contribution in [1.82, 2.24) is 9.88 Å². The van der Waals surface area contributed by atoms with Crippen LogP contribution in [0.15, 0.2) is 5.38 Å². The molecule has 6 heteroatoms. The molecule has 2 heterocycles. The van der Waals surface area contributed by atoms with Crippen LogP contribution in [0.4, 0.5) is 5.13 Å². The van der Waals surface area contributed by atoms with Crippen molar-refractivity contribution >= 4 is 22.4 Å². The first kappa shape index (κ1) is 15.3. The van der Waals surface area contributed by atoms with Gasteiger partial charge in [0.05, 0.1) is 6.61 Å². The second kappa shape index (κ2) is 7.04. The summed E-state index contributed by atoms with van der Waals surface area (Å²) in [7, 11) is 4.25. The van der Waals surface area contributed by atoms with Gasteiger partial charge in [0.1, 0.15) is 0 Å². The highest BCUT2D eigenvalue weighted by atomic mass is 32.1. The molecule has 0 N–H and O–H groups in total. The molecule has 0 amide bonds. The fourth-order valence-electron chi connectivity index (χ4n) is 2.53. The van der Waals surface area contributed by atoms with Crippen LogP contribution in [0.3, 0.4) is 0 Å². The van der Waals surface area contributed by atoms with Gasteiger partial charge in [-0.05, 0) is 39.8 Å². The van der Waals surface area contributed by atoms with Gasteiger partial charge in [-0.25, -0.2) is 9.78 Å². The maximum atomic E-state index is 11.6. The van der Waals surface area contributed by atoms with Gasteiger partial charge in [-0.3, -0.25) is 0 Å². The van der Waals surface area contributed by atoms with Gasteiger partial charge < -0.3 is 14.5 Å². The summed E-state index contributed by atoms with van der Waals surface area (Å²) in [4.78, 5) is 20.5. The number of esters is 1. The van der Waals surface area contributed by atoms with Crippen molar-refractivity contribution in [3.63, 3.8) is 0 Å². The lowest BCUT2D eigenvalue weighted by Gasteiger charge is -2.32.